The zero-order valence-electron chi connectivity index (χ0n) is 12.2. The van der Waals surface area contributed by atoms with Crippen LogP contribution in [0.5, 0.6) is 5.75 Å². The van der Waals surface area contributed by atoms with Crippen molar-refractivity contribution in [2.75, 3.05) is 13.7 Å². The van der Waals surface area contributed by atoms with Gasteiger partial charge in [0.1, 0.15) is 11.6 Å². The molecule has 1 aromatic heterocycles. The Labute approximate surface area is 133 Å². The quantitative estimate of drug-likeness (QED) is 0.786. The van der Waals surface area contributed by atoms with Crippen molar-refractivity contribution in [2.45, 2.75) is 25.8 Å². The summed E-state index contributed by atoms with van der Waals surface area (Å²) in [5.41, 5.74) is 0.661. The van der Waals surface area contributed by atoms with E-state index in [-0.39, 0.29) is 11.9 Å². The van der Waals surface area contributed by atoms with Crippen LogP contribution in [0.15, 0.2) is 30.3 Å². The summed E-state index contributed by atoms with van der Waals surface area (Å²) in [7, 11) is 1.54. The molecule has 0 fully saturated rings. The molecule has 1 aromatic carbocycles. The molecule has 0 bridgehead atoms. The van der Waals surface area contributed by atoms with Crippen LogP contribution in [-0.4, -0.2) is 13.7 Å². The maximum Gasteiger partial charge on any atom is 0.131 e. The molecule has 0 saturated heterocycles. The molecule has 2 aromatic rings. The van der Waals surface area contributed by atoms with Gasteiger partial charge in [-0.15, -0.1) is 11.3 Å². The van der Waals surface area contributed by atoms with E-state index in [1.165, 1.54) is 24.5 Å². The highest BCUT2D eigenvalue weighted by atomic mass is 35.5. The SMILES string of the molecule is CCCNC(Cc1ccc(Cl)s1)c1ccc(OC)cc1F. The van der Waals surface area contributed by atoms with Crippen molar-refractivity contribution >= 4 is 22.9 Å². The Morgan fingerprint density at radius 2 is 2.14 bits per heavy atom. The fourth-order valence-electron chi connectivity index (χ4n) is 2.19. The molecule has 0 aliphatic heterocycles. The lowest BCUT2D eigenvalue weighted by Crippen LogP contribution is -2.24. The molecule has 0 aliphatic carbocycles. The summed E-state index contributed by atoms with van der Waals surface area (Å²) < 4.78 is 20.1. The number of rotatable bonds is 7. The van der Waals surface area contributed by atoms with E-state index < -0.39 is 0 Å². The van der Waals surface area contributed by atoms with Crippen molar-refractivity contribution in [3.8, 4) is 5.75 Å². The molecule has 5 heteroatoms. The van der Waals surface area contributed by atoms with Gasteiger partial charge in [0.25, 0.3) is 0 Å². The van der Waals surface area contributed by atoms with Gasteiger partial charge in [0.05, 0.1) is 11.4 Å². The standard InChI is InChI=1S/C16H19ClFNOS/c1-3-8-19-15(10-12-5-7-16(17)21-12)13-6-4-11(20-2)9-14(13)18/h4-7,9,15,19H,3,8,10H2,1-2H3. The van der Waals surface area contributed by atoms with Crippen LogP contribution in [-0.2, 0) is 6.42 Å². The molecule has 1 heterocycles. The Morgan fingerprint density at radius 1 is 1.33 bits per heavy atom. The van der Waals surface area contributed by atoms with Gasteiger partial charge < -0.3 is 10.1 Å². The lowest BCUT2D eigenvalue weighted by molar-refractivity contribution is 0.409. The van der Waals surface area contributed by atoms with Crippen molar-refractivity contribution in [1.29, 1.82) is 0 Å². The molecule has 0 saturated carbocycles. The highest BCUT2D eigenvalue weighted by Crippen LogP contribution is 2.29. The first-order valence-electron chi connectivity index (χ1n) is 6.95. The molecular formula is C16H19ClFNOS. The predicted molar refractivity (Wildman–Crippen MR) is 87.0 cm³/mol. The number of ether oxygens (including phenoxy) is 1. The first kappa shape index (κ1) is 16.3. The molecule has 1 atom stereocenters. The van der Waals surface area contributed by atoms with Gasteiger partial charge in [0, 0.05) is 29.0 Å². The summed E-state index contributed by atoms with van der Waals surface area (Å²) in [4.78, 5) is 1.14. The number of nitrogens with one attached hydrogen (secondary N) is 1. The number of benzene rings is 1. The first-order valence-corrected chi connectivity index (χ1v) is 8.14. The fraction of sp³-hybridized carbons (Fsp3) is 0.375. The van der Waals surface area contributed by atoms with Gasteiger partial charge in [-0.1, -0.05) is 24.6 Å². The molecular weight excluding hydrogens is 309 g/mol. The zero-order valence-corrected chi connectivity index (χ0v) is 13.7. The number of halogens is 2. The minimum atomic E-state index is -0.245. The Hall–Kier alpha value is -1.10. The number of methoxy groups -OCH3 is 1. The van der Waals surface area contributed by atoms with Crippen LogP contribution in [0.4, 0.5) is 4.39 Å². The summed E-state index contributed by atoms with van der Waals surface area (Å²) in [6, 6.07) is 8.82. The van der Waals surface area contributed by atoms with Crippen LogP contribution in [0, 0.1) is 5.82 Å². The monoisotopic (exact) mass is 327 g/mol. The van der Waals surface area contributed by atoms with Crippen LogP contribution < -0.4 is 10.1 Å². The third-order valence-electron chi connectivity index (χ3n) is 3.26. The number of hydrogen-bond acceptors (Lipinski definition) is 3. The van der Waals surface area contributed by atoms with Crippen molar-refractivity contribution in [2.24, 2.45) is 0 Å². The summed E-state index contributed by atoms with van der Waals surface area (Å²) >= 11 is 7.51. The molecule has 114 valence electrons. The van der Waals surface area contributed by atoms with Crippen LogP contribution in [0.2, 0.25) is 4.34 Å². The Kier molecular flexibility index (Phi) is 6.03. The minimum absolute atomic E-state index is 0.0643. The molecule has 0 radical (unpaired) electrons. The predicted octanol–water partition coefficient (Wildman–Crippen LogP) is 4.83. The summed E-state index contributed by atoms with van der Waals surface area (Å²) in [6.07, 6.45) is 1.72. The van der Waals surface area contributed by atoms with Gasteiger partial charge in [-0.05, 0) is 31.2 Å². The maximum atomic E-state index is 14.3. The largest absolute Gasteiger partial charge is 0.497 e. The molecule has 2 nitrogen and oxygen atoms in total. The topological polar surface area (TPSA) is 21.3 Å². The third kappa shape index (κ3) is 4.43. The molecule has 1 unspecified atom stereocenters. The smallest absolute Gasteiger partial charge is 0.131 e. The highest BCUT2D eigenvalue weighted by Gasteiger charge is 2.17. The van der Waals surface area contributed by atoms with E-state index in [1.807, 2.05) is 12.1 Å². The van der Waals surface area contributed by atoms with Gasteiger partial charge in [-0.25, -0.2) is 4.39 Å². The fourth-order valence-corrected chi connectivity index (χ4v) is 3.32. The summed E-state index contributed by atoms with van der Waals surface area (Å²) in [5.74, 6) is 0.287. The lowest BCUT2D eigenvalue weighted by atomic mass is 10.0. The summed E-state index contributed by atoms with van der Waals surface area (Å²) in [5, 5.41) is 3.40. The normalized spacial score (nSPS) is 12.4. The van der Waals surface area contributed by atoms with Gasteiger partial charge in [0.2, 0.25) is 0 Å². The molecule has 0 aliphatic rings. The molecule has 0 spiro atoms. The second-order valence-corrected chi connectivity index (χ2v) is 6.60. The third-order valence-corrected chi connectivity index (χ3v) is 4.51. The van der Waals surface area contributed by atoms with Gasteiger partial charge in [-0.3, -0.25) is 0 Å². The average Bonchev–Trinajstić information content (AvgIpc) is 2.88. The van der Waals surface area contributed by atoms with E-state index in [0.29, 0.717) is 11.3 Å². The molecule has 21 heavy (non-hydrogen) atoms. The highest BCUT2D eigenvalue weighted by molar-refractivity contribution is 7.16. The van der Waals surface area contributed by atoms with Crippen molar-refractivity contribution in [1.82, 2.24) is 5.32 Å². The minimum Gasteiger partial charge on any atom is -0.497 e. The van der Waals surface area contributed by atoms with Crippen LogP contribution in [0.1, 0.15) is 29.8 Å². The Balaban J connectivity index is 2.22. The Morgan fingerprint density at radius 3 is 2.71 bits per heavy atom. The number of hydrogen-bond donors (Lipinski definition) is 1. The molecule has 2 rings (SSSR count). The van der Waals surface area contributed by atoms with Gasteiger partial charge >= 0.3 is 0 Å². The first-order chi connectivity index (χ1) is 10.1. The van der Waals surface area contributed by atoms with Crippen molar-refractivity contribution < 1.29 is 9.13 Å². The van der Waals surface area contributed by atoms with Crippen molar-refractivity contribution in [3.63, 3.8) is 0 Å². The molecule has 1 N–H and O–H groups in total. The second kappa shape index (κ2) is 7.78. The van der Waals surface area contributed by atoms with E-state index >= 15 is 0 Å². The van der Waals surface area contributed by atoms with Crippen LogP contribution in [0.25, 0.3) is 0 Å². The van der Waals surface area contributed by atoms with E-state index in [2.05, 4.69) is 12.2 Å². The van der Waals surface area contributed by atoms with Crippen LogP contribution >= 0.6 is 22.9 Å². The van der Waals surface area contributed by atoms with E-state index in [4.69, 9.17) is 16.3 Å². The Bertz CT molecular complexity index is 587. The van der Waals surface area contributed by atoms with Crippen molar-refractivity contribution in [3.05, 3.63) is 50.9 Å². The van der Waals surface area contributed by atoms with E-state index in [1.54, 1.807) is 12.1 Å². The number of thiophene rings is 1. The van der Waals surface area contributed by atoms with Gasteiger partial charge in [-0.2, -0.15) is 0 Å². The zero-order chi connectivity index (χ0) is 15.2. The maximum absolute atomic E-state index is 14.3. The second-order valence-electron chi connectivity index (χ2n) is 4.80. The summed E-state index contributed by atoms with van der Waals surface area (Å²) in [6.45, 7) is 2.94. The van der Waals surface area contributed by atoms with E-state index in [0.717, 1.165) is 28.6 Å². The van der Waals surface area contributed by atoms with Gasteiger partial charge in [0.15, 0.2) is 0 Å². The van der Waals surface area contributed by atoms with E-state index in [9.17, 15) is 4.39 Å². The lowest BCUT2D eigenvalue weighted by Gasteiger charge is -2.19. The molecule has 0 amide bonds. The van der Waals surface area contributed by atoms with Crippen LogP contribution in [0.3, 0.4) is 0 Å². The average molecular weight is 328 g/mol.